The van der Waals surface area contributed by atoms with E-state index in [9.17, 15) is 0 Å². The fraction of sp³-hybridized carbons (Fsp3) is 0.100. The fourth-order valence-corrected chi connectivity index (χ4v) is 4.81. The Bertz CT molecular complexity index is 742. The molecule has 0 amide bonds. The summed E-state index contributed by atoms with van der Waals surface area (Å²) in [5, 5.41) is 0.837. The van der Waals surface area contributed by atoms with Crippen molar-refractivity contribution in [1.82, 2.24) is 0 Å². The van der Waals surface area contributed by atoms with Crippen LogP contribution in [0.4, 0.5) is 0 Å². The lowest BCUT2D eigenvalue weighted by atomic mass is 10.2. The summed E-state index contributed by atoms with van der Waals surface area (Å²) in [6.07, 6.45) is 0. The van der Waals surface area contributed by atoms with Gasteiger partial charge in [-0.3, -0.25) is 0 Å². The summed E-state index contributed by atoms with van der Waals surface area (Å²) in [4.78, 5) is 2.43. The van der Waals surface area contributed by atoms with E-state index in [0.29, 0.717) is 0 Å². The lowest BCUT2D eigenvalue weighted by molar-refractivity contribution is 1.23. The quantitative estimate of drug-likeness (QED) is 0.439. The SMILES string of the molecule is Clc1cccc(SCc2ccccc2)c1SCc1ccccc1. The zero-order valence-electron chi connectivity index (χ0n) is 12.6. The number of thioether (sulfide) groups is 2. The normalized spacial score (nSPS) is 10.7. The number of hydrogen-bond acceptors (Lipinski definition) is 2. The second-order valence-corrected chi connectivity index (χ2v) is 7.53. The molecular formula is C20H17ClS2. The van der Waals surface area contributed by atoms with Gasteiger partial charge in [0.15, 0.2) is 0 Å². The first-order valence-corrected chi connectivity index (χ1v) is 9.80. The van der Waals surface area contributed by atoms with E-state index in [1.807, 2.05) is 41.7 Å². The van der Waals surface area contributed by atoms with Crippen LogP contribution >= 0.6 is 35.1 Å². The Labute approximate surface area is 151 Å². The monoisotopic (exact) mass is 356 g/mol. The summed E-state index contributed by atoms with van der Waals surface area (Å²) < 4.78 is 0. The Morgan fingerprint density at radius 3 is 1.78 bits per heavy atom. The third-order valence-electron chi connectivity index (χ3n) is 3.39. The number of benzene rings is 3. The highest BCUT2D eigenvalue weighted by molar-refractivity contribution is 8.01. The van der Waals surface area contributed by atoms with Crippen molar-refractivity contribution >= 4 is 35.1 Å². The first-order chi connectivity index (χ1) is 11.3. The minimum Gasteiger partial charge on any atom is -0.120 e. The lowest BCUT2D eigenvalue weighted by Crippen LogP contribution is -1.86. The van der Waals surface area contributed by atoms with Gasteiger partial charge in [0.25, 0.3) is 0 Å². The zero-order valence-corrected chi connectivity index (χ0v) is 15.0. The van der Waals surface area contributed by atoms with Gasteiger partial charge in [-0.1, -0.05) is 78.3 Å². The van der Waals surface area contributed by atoms with Crippen LogP contribution in [-0.4, -0.2) is 0 Å². The zero-order chi connectivity index (χ0) is 15.9. The van der Waals surface area contributed by atoms with Crippen LogP contribution < -0.4 is 0 Å². The van der Waals surface area contributed by atoms with Crippen LogP contribution in [0.3, 0.4) is 0 Å². The molecule has 0 nitrogen and oxygen atoms in total. The average molecular weight is 357 g/mol. The molecular weight excluding hydrogens is 340 g/mol. The average Bonchev–Trinajstić information content (AvgIpc) is 2.61. The summed E-state index contributed by atoms with van der Waals surface area (Å²) in [6.45, 7) is 0. The van der Waals surface area contributed by atoms with E-state index in [-0.39, 0.29) is 0 Å². The molecule has 0 radical (unpaired) electrons. The van der Waals surface area contributed by atoms with Crippen LogP contribution in [0, 0.1) is 0 Å². The van der Waals surface area contributed by atoms with E-state index in [1.54, 1.807) is 0 Å². The first-order valence-electron chi connectivity index (χ1n) is 7.45. The number of rotatable bonds is 6. The van der Waals surface area contributed by atoms with Crippen LogP contribution in [-0.2, 0) is 11.5 Å². The molecule has 116 valence electrons. The van der Waals surface area contributed by atoms with Gasteiger partial charge >= 0.3 is 0 Å². The van der Waals surface area contributed by atoms with Gasteiger partial charge in [-0.15, -0.1) is 23.5 Å². The predicted molar refractivity (Wildman–Crippen MR) is 103 cm³/mol. The van der Waals surface area contributed by atoms with E-state index >= 15 is 0 Å². The largest absolute Gasteiger partial charge is 0.120 e. The topological polar surface area (TPSA) is 0 Å². The Balaban J connectivity index is 1.71. The maximum Gasteiger partial charge on any atom is 0.0553 e. The van der Waals surface area contributed by atoms with Gasteiger partial charge in [-0.05, 0) is 23.3 Å². The molecule has 0 aliphatic heterocycles. The van der Waals surface area contributed by atoms with Gasteiger partial charge in [0.05, 0.1) is 5.02 Å². The minimum absolute atomic E-state index is 0.837. The van der Waals surface area contributed by atoms with E-state index < -0.39 is 0 Å². The van der Waals surface area contributed by atoms with E-state index in [0.717, 1.165) is 16.5 Å². The Kier molecular flexibility index (Phi) is 6.09. The molecule has 0 saturated heterocycles. The van der Waals surface area contributed by atoms with Crippen molar-refractivity contribution in [1.29, 1.82) is 0 Å². The molecule has 0 N–H and O–H groups in total. The maximum absolute atomic E-state index is 6.44. The van der Waals surface area contributed by atoms with Gasteiger partial charge in [-0.25, -0.2) is 0 Å². The second-order valence-electron chi connectivity index (χ2n) is 5.12. The van der Waals surface area contributed by atoms with Crippen LogP contribution in [0.5, 0.6) is 0 Å². The standard InChI is InChI=1S/C20H17ClS2/c21-18-12-7-13-19(22-14-16-8-3-1-4-9-16)20(18)23-15-17-10-5-2-6-11-17/h1-13H,14-15H2. The summed E-state index contributed by atoms with van der Waals surface area (Å²) >= 11 is 10.1. The molecule has 0 bridgehead atoms. The van der Waals surface area contributed by atoms with Gasteiger partial charge < -0.3 is 0 Å². The molecule has 0 saturated carbocycles. The van der Waals surface area contributed by atoms with Crippen molar-refractivity contribution in [2.45, 2.75) is 21.3 Å². The van der Waals surface area contributed by atoms with Crippen molar-refractivity contribution in [2.75, 3.05) is 0 Å². The van der Waals surface area contributed by atoms with Crippen molar-refractivity contribution in [2.24, 2.45) is 0 Å². The molecule has 0 atom stereocenters. The Morgan fingerprint density at radius 2 is 1.17 bits per heavy atom. The van der Waals surface area contributed by atoms with Crippen molar-refractivity contribution < 1.29 is 0 Å². The van der Waals surface area contributed by atoms with E-state index in [2.05, 4.69) is 60.7 Å². The van der Waals surface area contributed by atoms with Crippen LogP contribution in [0.1, 0.15) is 11.1 Å². The molecule has 0 aliphatic carbocycles. The van der Waals surface area contributed by atoms with Gasteiger partial charge in [0, 0.05) is 21.3 Å². The van der Waals surface area contributed by atoms with Crippen LogP contribution in [0.25, 0.3) is 0 Å². The molecule has 3 aromatic carbocycles. The third kappa shape index (κ3) is 4.81. The summed E-state index contributed by atoms with van der Waals surface area (Å²) in [5.41, 5.74) is 2.65. The maximum atomic E-state index is 6.44. The summed E-state index contributed by atoms with van der Waals surface area (Å²) in [5.74, 6) is 1.89. The van der Waals surface area contributed by atoms with Gasteiger partial charge in [0.1, 0.15) is 0 Å². The van der Waals surface area contributed by atoms with Crippen LogP contribution in [0.2, 0.25) is 5.02 Å². The highest BCUT2D eigenvalue weighted by Gasteiger charge is 2.09. The second kappa shape index (κ2) is 8.49. The highest BCUT2D eigenvalue weighted by atomic mass is 35.5. The minimum atomic E-state index is 0.837. The van der Waals surface area contributed by atoms with Crippen molar-refractivity contribution in [3.63, 3.8) is 0 Å². The molecule has 0 aromatic heterocycles. The Hall–Kier alpha value is -1.35. The predicted octanol–water partition coefficient (Wildman–Crippen LogP) is 6.92. The molecule has 3 rings (SSSR count). The summed E-state index contributed by atoms with van der Waals surface area (Å²) in [6, 6.07) is 27.2. The van der Waals surface area contributed by atoms with E-state index in [4.69, 9.17) is 11.6 Å². The molecule has 0 unspecified atom stereocenters. The van der Waals surface area contributed by atoms with Crippen molar-refractivity contribution in [3.8, 4) is 0 Å². The fourth-order valence-electron chi connectivity index (χ4n) is 2.21. The molecule has 3 heteroatoms. The Morgan fingerprint density at radius 1 is 0.609 bits per heavy atom. The molecule has 0 aliphatic rings. The number of halogens is 1. The first kappa shape index (κ1) is 16.5. The molecule has 0 heterocycles. The smallest absolute Gasteiger partial charge is 0.0553 e. The van der Waals surface area contributed by atoms with Crippen LogP contribution in [0.15, 0.2) is 88.7 Å². The van der Waals surface area contributed by atoms with E-state index in [1.165, 1.54) is 20.9 Å². The lowest BCUT2D eigenvalue weighted by Gasteiger charge is -2.11. The van der Waals surface area contributed by atoms with Gasteiger partial charge in [0.2, 0.25) is 0 Å². The molecule has 0 fully saturated rings. The molecule has 3 aromatic rings. The summed E-state index contributed by atoms with van der Waals surface area (Å²) in [7, 11) is 0. The highest BCUT2D eigenvalue weighted by Crippen LogP contribution is 2.39. The molecule has 0 spiro atoms. The van der Waals surface area contributed by atoms with Gasteiger partial charge in [-0.2, -0.15) is 0 Å². The third-order valence-corrected chi connectivity index (χ3v) is 6.29. The molecule has 23 heavy (non-hydrogen) atoms. The van der Waals surface area contributed by atoms with Crippen molar-refractivity contribution in [3.05, 3.63) is 95.0 Å². The number of hydrogen-bond donors (Lipinski definition) is 0.